The number of carbonyl (C=O) groups is 2. The maximum Gasteiger partial charge on any atom is 0.242 e. The molecule has 0 spiro atoms. The molecule has 27 heavy (non-hydrogen) atoms. The largest absolute Gasteiger partial charge is 0.355 e. The minimum atomic E-state index is -0.504. The van der Waals surface area contributed by atoms with Gasteiger partial charge in [-0.15, -0.1) is 0 Å². The van der Waals surface area contributed by atoms with Crippen molar-refractivity contribution in [1.29, 1.82) is 0 Å². The summed E-state index contributed by atoms with van der Waals surface area (Å²) in [5.74, 6) is -0.121. The maximum absolute atomic E-state index is 13.0. The van der Waals surface area contributed by atoms with E-state index in [0.29, 0.717) is 25.9 Å². The number of nitrogens with zero attached hydrogens (tertiary/aromatic N) is 1. The van der Waals surface area contributed by atoms with Gasteiger partial charge in [0.15, 0.2) is 0 Å². The lowest BCUT2D eigenvalue weighted by molar-refractivity contribution is -0.140. The molecule has 0 saturated carbocycles. The van der Waals surface area contributed by atoms with Crippen molar-refractivity contribution in [2.75, 3.05) is 6.54 Å². The van der Waals surface area contributed by atoms with Crippen LogP contribution in [-0.4, -0.2) is 29.3 Å². The van der Waals surface area contributed by atoms with Gasteiger partial charge in [0, 0.05) is 19.5 Å². The normalized spacial score (nSPS) is 11.7. The van der Waals surface area contributed by atoms with Gasteiger partial charge in [0.25, 0.3) is 0 Å². The molecule has 4 nitrogen and oxygen atoms in total. The monoisotopic (exact) mass is 366 g/mol. The Morgan fingerprint density at radius 1 is 1.00 bits per heavy atom. The molecule has 1 N–H and O–H groups in total. The number of hydrogen-bond donors (Lipinski definition) is 1. The summed E-state index contributed by atoms with van der Waals surface area (Å²) in [6.45, 7) is 8.75. The second kappa shape index (κ2) is 9.91. The van der Waals surface area contributed by atoms with E-state index in [1.807, 2.05) is 39.0 Å². The quantitative estimate of drug-likeness (QED) is 0.773. The van der Waals surface area contributed by atoms with E-state index in [1.54, 1.807) is 11.8 Å². The van der Waals surface area contributed by atoms with Crippen LogP contribution in [0.25, 0.3) is 0 Å². The van der Waals surface area contributed by atoms with Gasteiger partial charge in [0.1, 0.15) is 6.04 Å². The van der Waals surface area contributed by atoms with E-state index in [2.05, 4.69) is 35.6 Å². The lowest BCUT2D eigenvalue weighted by atomic mass is 10.1. The summed E-state index contributed by atoms with van der Waals surface area (Å²) < 4.78 is 0. The Balaban J connectivity index is 2.12. The Morgan fingerprint density at radius 2 is 1.70 bits per heavy atom. The second-order valence-electron chi connectivity index (χ2n) is 7.07. The molecule has 4 heteroatoms. The average molecular weight is 367 g/mol. The lowest BCUT2D eigenvalue weighted by Crippen LogP contribution is -2.47. The number of benzene rings is 2. The summed E-state index contributed by atoms with van der Waals surface area (Å²) in [5, 5.41) is 2.82. The molecular formula is C23H30N2O2. The van der Waals surface area contributed by atoms with E-state index < -0.39 is 6.04 Å². The number of aryl methyl sites for hydroxylation is 3. The molecule has 144 valence electrons. The predicted molar refractivity (Wildman–Crippen MR) is 109 cm³/mol. The number of nitrogens with one attached hydrogen (secondary N) is 1. The molecule has 2 rings (SSSR count). The fraction of sp³-hybridized carbons (Fsp3) is 0.391. The summed E-state index contributed by atoms with van der Waals surface area (Å²) >= 11 is 0. The van der Waals surface area contributed by atoms with Crippen LogP contribution >= 0.6 is 0 Å². The molecule has 0 heterocycles. The minimum Gasteiger partial charge on any atom is -0.355 e. The van der Waals surface area contributed by atoms with Gasteiger partial charge >= 0.3 is 0 Å². The fourth-order valence-corrected chi connectivity index (χ4v) is 3.06. The van der Waals surface area contributed by atoms with Crippen molar-refractivity contribution < 1.29 is 9.59 Å². The van der Waals surface area contributed by atoms with Crippen LogP contribution in [0.3, 0.4) is 0 Å². The SMILES string of the molecule is CCNC(=O)C(C)N(Cc1cccc(C)c1)C(=O)CCc1ccc(C)cc1. The molecule has 0 fully saturated rings. The first-order valence-corrected chi connectivity index (χ1v) is 9.59. The van der Waals surface area contributed by atoms with Crippen LogP contribution in [0.15, 0.2) is 48.5 Å². The zero-order valence-corrected chi connectivity index (χ0v) is 16.8. The van der Waals surface area contributed by atoms with E-state index in [9.17, 15) is 9.59 Å². The molecule has 0 bridgehead atoms. The van der Waals surface area contributed by atoms with Crippen molar-refractivity contribution in [3.8, 4) is 0 Å². The summed E-state index contributed by atoms with van der Waals surface area (Å²) in [6.07, 6.45) is 1.06. The third kappa shape index (κ3) is 6.24. The Morgan fingerprint density at radius 3 is 2.33 bits per heavy atom. The summed E-state index contributed by atoms with van der Waals surface area (Å²) in [5.41, 5.74) is 4.52. The first-order chi connectivity index (χ1) is 12.9. The molecule has 0 aliphatic heterocycles. The van der Waals surface area contributed by atoms with Crippen molar-refractivity contribution in [1.82, 2.24) is 10.2 Å². The van der Waals surface area contributed by atoms with Crippen LogP contribution in [-0.2, 0) is 22.6 Å². The van der Waals surface area contributed by atoms with Gasteiger partial charge in [0.05, 0.1) is 0 Å². The molecule has 0 radical (unpaired) electrons. The van der Waals surface area contributed by atoms with Crippen LogP contribution in [0, 0.1) is 13.8 Å². The molecule has 2 amide bonds. The molecule has 0 aliphatic carbocycles. The molecule has 0 aromatic heterocycles. The van der Waals surface area contributed by atoms with Crippen molar-refractivity contribution in [3.63, 3.8) is 0 Å². The molecule has 0 saturated heterocycles. The third-order valence-corrected chi connectivity index (χ3v) is 4.70. The van der Waals surface area contributed by atoms with Crippen LogP contribution in [0.1, 0.15) is 42.5 Å². The highest BCUT2D eigenvalue weighted by atomic mass is 16.2. The summed E-state index contributed by atoms with van der Waals surface area (Å²) in [4.78, 5) is 27.0. The predicted octanol–water partition coefficient (Wildman–Crippen LogP) is 3.79. The Hall–Kier alpha value is -2.62. The maximum atomic E-state index is 13.0. The van der Waals surface area contributed by atoms with E-state index in [1.165, 1.54) is 5.56 Å². The number of amides is 2. The van der Waals surface area contributed by atoms with Gasteiger partial charge < -0.3 is 10.2 Å². The van der Waals surface area contributed by atoms with Gasteiger partial charge in [-0.05, 0) is 45.2 Å². The van der Waals surface area contributed by atoms with Crippen LogP contribution in [0.5, 0.6) is 0 Å². The van der Waals surface area contributed by atoms with E-state index >= 15 is 0 Å². The minimum absolute atomic E-state index is 0.00386. The zero-order chi connectivity index (χ0) is 19.8. The first kappa shape index (κ1) is 20.7. The van der Waals surface area contributed by atoms with Crippen molar-refractivity contribution >= 4 is 11.8 Å². The first-order valence-electron chi connectivity index (χ1n) is 9.59. The highest BCUT2D eigenvalue weighted by Crippen LogP contribution is 2.14. The number of hydrogen-bond acceptors (Lipinski definition) is 2. The standard InChI is InChI=1S/C23H30N2O2/c1-5-24-23(27)19(4)25(16-21-8-6-7-18(3)15-21)22(26)14-13-20-11-9-17(2)10-12-20/h6-12,15,19H,5,13-14,16H2,1-4H3,(H,24,27). The number of rotatable bonds is 8. The molecular weight excluding hydrogens is 336 g/mol. The van der Waals surface area contributed by atoms with Gasteiger partial charge in [-0.1, -0.05) is 59.7 Å². The lowest BCUT2D eigenvalue weighted by Gasteiger charge is -2.29. The second-order valence-corrected chi connectivity index (χ2v) is 7.07. The highest BCUT2D eigenvalue weighted by Gasteiger charge is 2.25. The Kier molecular flexibility index (Phi) is 7.59. The average Bonchev–Trinajstić information content (AvgIpc) is 2.65. The van der Waals surface area contributed by atoms with Crippen LogP contribution in [0.4, 0.5) is 0 Å². The molecule has 2 aromatic carbocycles. The highest BCUT2D eigenvalue weighted by molar-refractivity contribution is 5.87. The van der Waals surface area contributed by atoms with Gasteiger partial charge in [0.2, 0.25) is 11.8 Å². The summed E-state index contributed by atoms with van der Waals surface area (Å²) in [7, 11) is 0. The van der Waals surface area contributed by atoms with Gasteiger partial charge in [-0.25, -0.2) is 0 Å². The smallest absolute Gasteiger partial charge is 0.242 e. The molecule has 1 unspecified atom stereocenters. The fourth-order valence-electron chi connectivity index (χ4n) is 3.06. The molecule has 0 aliphatic rings. The van der Waals surface area contributed by atoms with E-state index in [4.69, 9.17) is 0 Å². The van der Waals surface area contributed by atoms with Crippen LogP contribution in [0.2, 0.25) is 0 Å². The Bertz CT molecular complexity index is 768. The van der Waals surface area contributed by atoms with Crippen molar-refractivity contribution in [2.45, 2.75) is 53.1 Å². The Labute approximate surface area is 162 Å². The van der Waals surface area contributed by atoms with E-state index in [-0.39, 0.29) is 11.8 Å². The zero-order valence-electron chi connectivity index (χ0n) is 16.8. The molecule has 1 atom stereocenters. The molecule has 2 aromatic rings. The van der Waals surface area contributed by atoms with E-state index in [0.717, 1.165) is 16.7 Å². The van der Waals surface area contributed by atoms with Gasteiger partial charge in [-0.2, -0.15) is 0 Å². The van der Waals surface area contributed by atoms with Crippen LogP contribution < -0.4 is 5.32 Å². The van der Waals surface area contributed by atoms with Crippen molar-refractivity contribution in [2.24, 2.45) is 0 Å². The number of carbonyl (C=O) groups excluding carboxylic acids is 2. The topological polar surface area (TPSA) is 49.4 Å². The third-order valence-electron chi connectivity index (χ3n) is 4.70. The van der Waals surface area contributed by atoms with Gasteiger partial charge in [-0.3, -0.25) is 9.59 Å². The number of likely N-dealkylation sites (N-methyl/N-ethyl adjacent to an activating group) is 1. The summed E-state index contributed by atoms with van der Waals surface area (Å²) in [6, 6.07) is 15.8. The van der Waals surface area contributed by atoms with Crippen molar-refractivity contribution in [3.05, 3.63) is 70.8 Å².